The Morgan fingerprint density at radius 3 is 2.38 bits per heavy atom. The molecule has 1 amide bonds. The summed E-state index contributed by atoms with van der Waals surface area (Å²) in [6.07, 6.45) is -4.47. The maximum absolute atomic E-state index is 12.9. The molecule has 7 heteroatoms. The fraction of sp³-hybridized carbons (Fsp3) is 0.409. The van der Waals surface area contributed by atoms with Crippen molar-refractivity contribution < 1.29 is 22.7 Å². The summed E-state index contributed by atoms with van der Waals surface area (Å²) < 4.78 is 44.9. The van der Waals surface area contributed by atoms with Crippen LogP contribution >= 0.6 is 0 Å². The van der Waals surface area contributed by atoms with E-state index in [1.54, 1.807) is 12.1 Å². The van der Waals surface area contributed by atoms with Gasteiger partial charge in [-0.2, -0.15) is 13.2 Å². The zero-order valence-corrected chi connectivity index (χ0v) is 17.1. The van der Waals surface area contributed by atoms with Crippen molar-refractivity contribution in [3.63, 3.8) is 0 Å². The molecule has 29 heavy (non-hydrogen) atoms. The first kappa shape index (κ1) is 21.4. The molecule has 0 aromatic heterocycles. The van der Waals surface area contributed by atoms with Gasteiger partial charge >= 0.3 is 6.18 Å². The maximum atomic E-state index is 12.9. The van der Waals surface area contributed by atoms with Crippen LogP contribution in [0.5, 0.6) is 0 Å². The summed E-state index contributed by atoms with van der Waals surface area (Å²) >= 11 is 0. The van der Waals surface area contributed by atoms with Crippen LogP contribution in [0.4, 0.5) is 18.9 Å². The van der Waals surface area contributed by atoms with Gasteiger partial charge in [-0.1, -0.05) is 26.0 Å². The van der Waals surface area contributed by atoms with E-state index in [0.29, 0.717) is 5.56 Å². The van der Waals surface area contributed by atoms with Crippen LogP contribution < -0.4 is 5.32 Å². The highest BCUT2D eigenvalue weighted by Crippen LogP contribution is 2.51. The highest BCUT2D eigenvalue weighted by atomic mass is 19.4. The first-order valence-corrected chi connectivity index (χ1v) is 9.43. The SMILES string of the molecule is Cc1ccc(C(=O)Nc2cccc(C(F)(F)F)c2)cc1C1[B]C(C)(C)C(C)(C)O1. The lowest BCUT2D eigenvalue weighted by atomic mass is 9.47. The van der Waals surface area contributed by atoms with Gasteiger partial charge in [0.15, 0.2) is 7.28 Å². The molecule has 1 aliphatic heterocycles. The maximum Gasteiger partial charge on any atom is 0.416 e. The lowest BCUT2D eigenvalue weighted by Gasteiger charge is -2.33. The summed E-state index contributed by atoms with van der Waals surface area (Å²) in [5.41, 5.74) is 1.15. The largest absolute Gasteiger partial charge is 0.416 e. The smallest absolute Gasteiger partial charge is 0.377 e. The number of hydrogen-bond donors (Lipinski definition) is 1. The second-order valence-corrected chi connectivity index (χ2v) is 8.54. The van der Waals surface area contributed by atoms with Crippen LogP contribution in [0.2, 0.25) is 5.31 Å². The average Bonchev–Trinajstić information content (AvgIpc) is 2.82. The molecule has 1 unspecified atom stereocenters. The Balaban J connectivity index is 1.84. The fourth-order valence-corrected chi connectivity index (χ4v) is 3.30. The highest BCUT2D eigenvalue weighted by molar-refractivity contribution is 6.43. The number of halogens is 3. The van der Waals surface area contributed by atoms with E-state index in [9.17, 15) is 18.0 Å². The lowest BCUT2D eigenvalue weighted by Crippen LogP contribution is -2.31. The van der Waals surface area contributed by atoms with Crippen molar-refractivity contribution in [2.75, 3.05) is 5.32 Å². The number of rotatable bonds is 3. The molecule has 0 aliphatic carbocycles. The third-order valence-corrected chi connectivity index (χ3v) is 5.84. The van der Waals surface area contributed by atoms with Crippen LogP contribution in [0, 0.1) is 6.92 Å². The van der Waals surface area contributed by atoms with Crippen molar-refractivity contribution in [3.05, 3.63) is 64.7 Å². The summed E-state index contributed by atoms with van der Waals surface area (Å²) in [6, 6.07) is 9.56. The molecule has 1 heterocycles. The summed E-state index contributed by atoms with van der Waals surface area (Å²) in [7, 11) is 2.13. The van der Waals surface area contributed by atoms with Gasteiger partial charge in [0.2, 0.25) is 0 Å². The number of carbonyl (C=O) groups is 1. The van der Waals surface area contributed by atoms with Crippen molar-refractivity contribution >= 4 is 18.9 Å². The Morgan fingerprint density at radius 1 is 1.10 bits per heavy atom. The van der Waals surface area contributed by atoms with E-state index in [0.717, 1.165) is 23.3 Å². The minimum absolute atomic E-state index is 0.0953. The van der Waals surface area contributed by atoms with Crippen LogP contribution in [-0.4, -0.2) is 18.8 Å². The van der Waals surface area contributed by atoms with Crippen molar-refractivity contribution in [1.29, 1.82) is 0 Å². The zero-order chi connectivity index (χ0) is 21.6. The number of carbonyl (C=O) groups excluding carboxylic acids is 1. The van der Waals surface area contributed by atoms with Gasteiger partial charge in [0.25, 0.3) is 5.91 Å². The molecule has 0 spiro atoms. The fourth-order valence-electron chi connectivity index (χ4n) is 3.30. The molecule has 1 saturated heterocycles. The van der Waals surface area contributed by atoms with Crippen molar-refractivity contribution in [1.82, 2.24) is 0 Å². The van der Waals surface area contributed by atoms with E-state index in [1.807, 2.05) is 26.8 Å². The van der Waals surface area contributed by atoms with Gasteiger partial charge in [-0.15, -0.1) is 0 Å². The summed E-state index contributed by atoms with van der Waals surface area (Å²) in [6.45, 7) is 10.2. The molecular weight excluding hydrogens is 378 g/mol. The molecule has 0 saturated carbocycles. The predicted molar refractivity (Wildman–Crippen MR) is 108 cm³/mol. The number of benzene rings is 2. The molecule has 1 atom stereocenters. The van der Waals surface area contributed by atoms with Crippen molar-refractivity contribution in [3.8, 4) is 0 Å². The zero-order valence-electron chi connectivity index (χ0n) is 17.1. The van der Waals surface area contributed by atoms with Crippen LogP contribution in [0.15, 0.2) is 42.5 Å². The van der Waals surface area contributed by atoms with Crippen LogP contribution in [-0.2, 0) is 10.9 Å². The average molecular weight is 402 g/mol. The third kappa shape index (κ3) is 4.35. The van der Waals surface area contributed by atoms with Crippen LogP contribution in [0.25, 0.3) is 0 Å². The first-order chi connectivity index (χ1) is 13.3. The Bertz CT molecular complexity index is 922. The van der Waals surface area contributed by atoms with E-state index in [2.05, 4.69) is 26.4 Å². The van der Waals surface area contributed by atoms with E-state index in [1.165, 1.54) is 12.1 Å². The summed E-state index contributed by atoms with van der Waals surface area (Å²) in [5.74, 6) is -0.470. The molecule has 3 rings (SSSR count). The van der Waals surface area contributed by atoms with Gasteiger partial charge in [0, 0.05) is 11.3 Å². The molecule has 153 valence electrons. The van der Waals surface area contributed by atoms with E-state index in [4.69, 9.17) is 4.74 Å². The van der Waals surface area contributed by atoms with Crippen LogP contribution in [0.1, 0.15) is 60.7 Å². The Kier molecular flexibility index (Phi) is 5.32. The number of nitrogens with one attached hydrogen (secondary N) is 1. The molecule has 1 fully saturated rings. The predicted octanol–water partition coefficient (Wildman–Crippen LogP) is 5.98. The molecule has 1 radical (unpaired) electrons. The number of hydrogen-bond acceptors (Lipinski definition) is 2. The van der Waals surface area contributed by atoms with Crippen molar-refractivity contribution in [2.24, 2.45) is 0 Å². The molecule has 1 N–H and O–H groups in total. The summed E-state index contributed by atoms with van der Waals surface area (Å²) in [5, 5.41) is 2.40. The highest BCUT2D eigenvalue weighted by Gasteiger charge is 2.49. The molecular formula is C22H24BF3NO2. The second kappa shape index (κ2) is 7.20. The number of amides is 1. The molecule has 2 aromatic carbocycles. The molecule has 0 bridgehead atoms. The molecule has 2 aromatic rings. The van der Waals surface area contributed by atoms with Gasteiger partial charge in [-0.05, 0) is 67.5 Å². The van der Waals surface area contributed by atoms with Gasteiger partial charge in [0.1, 0.15) is 0 Å². The number of ether oxygens (including phenoxy) is 1. The Morgan fingerprint density at radius 2 is 1.79 bits per heavy atom. The number of aryl methyl sites for hydroxylation is 1. The topological polar surface area (TPSA) is 38.3 Å². The Labute approximate surface area is 169 Å². The van der Waals surface area contributed by atoms with E-state index < -0.39 is 17.6 Å². The number of anilines is 1. The molecule has 3 nitrogen and oxygen atoms in total. The van der Waals surface area contributed by atoms with Crippen molar-refractivity contribution in [2.45, 2.75) is 57.7 Å². The second-order valence-electron chi connectivity index (χ2n) is 8.54. The van der Waals surface area contributed by atoms with Gasteiger partial charge in [-0.3, -0.25) is 4.79 Å². The van der Waals surface area contributed by atoms with E-state index >= 15 is 0 Å². The van der Waals surface area contributed by atoms with Gasteiger partial charge < -0.3 is 10.1 Å². The third-order valence-electron chi connectivity index (χ3n) is 5.84. The quantitative estimate of drug-likeness (QED) is 0.642. The van der Waals surface area contributed by atoms with Crippen LogP contribution in [0.3, 0.4) is 0 Å². The lowest BCUT2D eigenvalue weighted by molar-refractivity contribution is -0.137. The standard InChI is InChI=1S/C22H24BF3NO2/c1-13-9-10-14(11-17(13)18-23-20(2,3)21(4,5)29-18)19(28)27-16-8-6-7-15(12-16)22(24,25)26/h6-12,18H,1-5H3,(H,27,28). The summed E-state index contributed by atoms with van der Waals surface area (Å²) in [4.78, 5) is 12.7. The molecule has 1 aliphatic rings. The monoisotopic (exact) mass is 402 g/mol. The minimum Gasteiger partial charge on any atom is -0.377 e. The normalized spacial score (nSPS) is 20.2. The number of alkyl halides is 3. The van der Waals surface area contributed by atoms with Gasteiger partial charge in [-0.25, -0.2) is 0 Å². The Hall–Kier alpha value is -2.28. The van der Waals surface area contributed by atoms with Gasteiger partial charge in [0.05, 0.1) is 17.2 Å². The first-order valence-electron chi connectivity index (χ1n) is 9.43. The minimum atomic E-state index is -4.47. The van der Waals surface area contributed by atoms with E-state index in [-0.39, 0.29) is 22.6 Å².